The zero-order valence-electron chi connectivity index (χ0n) is 18.7. The van der Waals surface area contributed by atoms with Gasteiger partial charge in [0.1, 0.15) is 12.1 Å². The second-order valence-electron chi connectivity index (χ2n) is 7.52. The predicted molar refractivity (Wildman–Crippen MR) is 125 cm³/mol. The first kappa shape index (κ1) is 27.3. The fourth-order valence-electron chi connectivity index (χ4n) is 2.26. The molecule has 30 heavy (non-hydrogen) atoms. The molecule has 0 heterocycles. The first-order valence-corrected chi connectivity index (χ1v) is 10.1. The van der Waals surface area contributed by atoms with Crippen LogP contribution in [0.15, 0.2) is 0 Å². The van der Waals surface area contributed by atoms with E-state index >= 15 is 0 Å². The van der Waals surface area contributed by atoms with E-state index in [1.807, 2.05) is 20.8 Å². The number of rotatable bonds is 13. The molecule has 0 aromatic heterocycles. The number of carbonyl (C=O) groups is 5. The third-order valence-corrected chi connectivity index (χ3v) is 3.88. The first-order valence-electron chi connectivity index (χ1n) is 10.1. The highest BCUT2D eigenvalue weighted by atomic mass is 16.2. The van der Waals surface area contributed by atoms with Crippen LogP contribution < -0.4 is 31.9 Å². The van der Waals surface area contributed by atoms with Gasteiger partial charge in [0, 0.05) is 14.6 Å². The van der Waals surface area contributed by atoms with Crippen molar-refractivity contribution in [2.75, 3.05) is 26.2 Å². The molecule has 0 radical (unpaired) electrons. The van der Waals surface area contributed by atoms with E-state index in [0.29, 0.717) is 6.54 Å². The molecule has 6 N–H and O–H groups in total. The Hall–Kier alpha value is -2.69. The number of carbonyl (C=O) groups excluding carboxylic acids is 5. The van der Waals surface area contributed by atoms with Crippen molar-refractivity contribution in [3.63, 3.8) is 0 Å². The fraction of sp³-hybridized carbons (Fsp3) is 0.737. The summed E-state index contributed by atoms with van der Waals surface area (Å²) in [6, 6.07) is -1.69. The highest BCUT2D eigenvalue weighted by Gasteiger charge is 2.27. The number of nitrogens with one attached hydrogen (secondary N) is 6. The molecule has 0 unspecified atom stereocenters. The molecule has 0 aliphatic heterocycles. The zero-order chi connectivity index (χ0) is 23.3. The van der Waals surface area contributed by atoms with Crippen LogP contribution in [-0.2, 0) is 24.0 Å². The molecule has 184 valence electrons. The fourth-order valence-corrected chi connectivity index (χ4v) is 2.26. The molecule has 0 saturated carbocycles. The average molecular weight is 441 g/mol. The summed E-state index contributed by atoms with van der Waals surface area (Å²) in [5.74, 6) is -2.48. The van der Waals surface area contributed by atoms with E-state index < -0.39 is 29.8 Å². The molecule has 0 aromatic carbocycles. The summed E-state index contributed by atoms with van der Waals surface area (Å²) >= 11 is 0. The minimum absolute atomic E-state index is 0. The lowest BCUT2D eigenvalue weighted by Crippen LogP contribution is -2.56. The van der Waals surface area contributed by atoms with Crippen molar-refractivity contribution >= 4 is 29.5 Å². The highest BCUT2D eigenvalue weighted by Crippen LogP contribution is 2.02. The minimum atomic E-state index is -0.872. The molecule has 0 aromatic rings. The van der Waals surface area contributed by atoms with Gasteiger partial charge in [-0.1, -0.05) is 20.8 Å². The zero-order valence-corrected chi connectivity index (χ0v) is 18.7. The van der Waals surface area contributed by atoms with Gasteiger partial charge in [-0.2, -0.15) is 0 Å². The highest BCUT2D eigenvalue weighted by molar-refractivity contribution is 5.93. The average Bonchev–Trinajstić information content (AvgIpc) is 2.66. The normalized spacial score (nSPS) is 12.7. The quantitative estimate of drug-likeness (QED) is 0.226. The summed E-state index contributed by atoms with van der Waals surface area (Å²) in [6.07, 6.45) is 0. The van der Waals surface area contributed by atoms with Crippen molar-refractivity contribution in [2.45, 2.75) is 59.7 Å². The summed E-state index contributed by atoms with van der Waals surface area (Å²) in [5, 5.41) is 15.4. The number of hydrogen-bond donors (Lipinski definition) is 6. The van der Waals surface area contributed by atoms with E-state index in [2.05, 4.69) is 31.9 Å². The third kappa shape index (κ3) is 12.0. The molecule has 0 aliphatic carbocycles. The van der Waals surface area contributed by atoms with Crippen LogP contribution in [0.3, 0.4) is 0 Å². The molecular formula is C19H48N6O5. The molecule has 2 atom stereocenters. The summed E-state index contributed by atoms with van der Waals surface area (Å²) in [6.45, 7) is 10.7. The maximum atomic E-state index is 12.5. The largest absolute Gasteiger partial charge is 0.352 e. The van der Waals surface area contributed by atoms with E-state index in [4.69, 9.17) is 0 Å². The van der Waals surface area contributed by atoms with Crippen molar-refractivity contribution < 1.29 is 32.5 Å². The van der Waals surface area contributed by atoms with Gasteiger partial charge in [0.15, 0.2) is 0 Å². The van der Waals surface area contributed by atoms with Gasteiger partial charge in [-0.25, -0.2) is 0 Å². The maximum absolute atomic E-state index is 12.5. The lowest BCUT2D eigenvalue weighted by molar-refractivity contribution is -0.133. The van der Waals surface area contributed by atoms with Gasteiger partial charge in [-0.3, -0.25) is 24.0 Å². The van der Waals surface area contributed by atoms with E-state index in [9.17, 15) is 24.0 Å². The lowest BCUT2D eigenvalue weighted by Gasteiger charge is -2.24. The van der Waals surface area contributed by atoms with Crippen LogP contribution in [-0.4, -0.2) is 73.8 Å². The molecule has 11 nitrogen and oxygen atoms in total. The van der Waals surface area contributed by atoms with Gasteiger partial charge in [-0.15, -0.1) is 0 Å². The number of hydrogen-bond acceptors (Lipinski definition) is 6. The van der Waals surface area contributed by atoms with E-state index in [1.165, 1.54) is 0 Å². The van der Waals surface area contributed by atoms with Gasteiger partial charge in [0.2, 0.25) is 29.5 Å². The van der Waals surface area contributed by atoms with Gasteiger partial charge < -0.3 is 31.9 Å². The predicted octanol–water partition coefficient (Wildman–Crippen LogP) is -0.526. The summed E-state index contributed by atoms with van der Waals surface area (Å²) in [4.78, 5) is 59.7. The number of amides is 5. The Morgan fingerprint density at radius 1 is 0.700 bits per heavy atom. The monoisotopic (exact) mass is 440 g/mol. The smallest absolute Gasteiger partial charge is 0.243 e. The Morgan fingerprint density at radius 3 is 1.73 bits per heavy atom. The SMILES string of the molecule is CCNCC(=O)NCC(=O)NCC(=O)N[C@H](C(=O)N[C@@H](C)C(=O)NC(C)C)C(C)C.[HH].[HH].[HH].[HH].[HH].[HH]. The van der Waals surface area contributed by atoms with Crippen LogP contribution in [0.4, 0.5) is 0 Å². The molecule has 0 spiro atoms. The van der Waals surface area contributed by atoms with Crippen molar-refractivity contribution in [3.05, 3.63) is 0 Å². The molecule has 0 bridgehead atoms. The Balaban J connectivity index is -0.000000280. The molecule has 0 saturated heterocycles. The van der Waals surface area contributed by atoms with Crippen molar-refractivity contribution in [1.82, 2.24) is 31.9 Å². The number of likely N-dealkylation sites (N-methyl/N-ethyl adjacent to an activating group) is 1. The minimum Gasteiger partial charge on any atom is -0.352 e. The maximum Gasteiger partial charge on any atom is 0.243 e. The van der Waals surface area contributed by atoms with Crippen LogP contribution in [0, 0.1) is 5.92 Å². The van der Waals surface area contributed by atoms with E-state index in [1.54, 1.807) is 20.8 Å². The van der Waals surface area contributed by atoms with Gasteiger partial charge in [0.05, 0.1) is 19.6 Å². The van der Waals surface area contributed by atoms with Crippen LogP contribution in [0.1, 0.15) is 50.1 Å². The van der Waals surface area contributed by atoms with Crippen LogP contribution in [0.5, 0.6) is 0 Å². The summed E-state index contributed by atoms with van der Waals surface area (Å²) in [5.41, 5.74) is 0. The molecule has 0 rings (SSSR count). The molecular weight excluding hydrogens is 392 g/mol. The Bertz CT molecular complexity index is 632. The molecule has 11 heteroatoms. The summed E-state index contributed by atoms with van der Waals surface area (Å²) < 4.78 is 0. The first-order chi connectivity index (χ1) is 14.0. The van der Waals surface area contributed by atoms with Gasteiger partial charge in [-0.05, 0) is 33.2 Å². The van der Waals surface area contributed by atoms with Crippen LogP contribution in [0.25, 0.3) is 0 Å². The molecule has 0 aliphatic rings. The van der Waals surface area contributed by atoms with Crippen molar-refractivity contribution in [3.8, 4) is 0 Å². The molecule has 0 fully saturated rings. The summed E-state index contributed by atoms with van der Waals surface area (Å²) in [7, 11) is 0. The van der Waals surface area contributed by atoms with Crippen LogP contribution >= 0.6 is 0 Å². The Morgan fingerprint density at radius 2 is 1.23 bits per heavy atom. The van der Waals surface area contributed by atoms with Gasteiger partial charge in [0.25, 0.3) is 0 Å². The molecule has 5 amide bonds. The van der Waals surface area contributed by atoms with Crippen molar-refractivity contribution in [1.29, 1.82) is 0 Å². The van der Waals surface area contributed by atoms with Gasteiger partial charge >= 0.3 is 0 Å². The second-order valence-corrected chi connectivity index (χ2v) is 7.52. The van der Waals surface area contributed by atoms with E-state index in [0.717, 1.165) is 0 Å². The topological polar surface area (TPSA) is 158 Å². The third-order valence-electron chi connectivity index (χ3n) is 3.88. The standard InChI is InChI=1S/C19H36N6O5.6H2/c1-7-20-8-14(26)21-9-15(27)22-10-16(28)25-17(11(2)3)19(30)24-13(6)18(29)23-12(4)5;;;;;;/h11-13,17,20H,7-10H2,1-6H3,(H,21,26)(H,22,27)(H,23,29)(H,24,30)(H,25,28);6*1H/t13-,17-;;;;;;/m0....../s1. The van der Waals surface area contributed by atoms with Crippen LogP contribution in [0.2, 0.25) is 0 Å². The Labute approximate surface area is 186 Å². The van der Waals surface area contributed by atoms with Crippen molar-refractivity contribution in [2.24, 2.45) is 5.92 Å². The lowest BCUT2D eigenvalue weighted by atomic mass is 10.0. The Kier molecular flexibility index (Phi) is 13.0. The van der Waals surface area contributed by atoms with E-state index in [-0.39, 0.29) is 52.0 Å². The second kappa shape index (κ2) is 14.3.